The van der Waals surface area contributed by atoms with Crippen molar-refractivity contribution in [3.8, 4) is 11.5 Å². The number of fused-ring (bicyclic) bond motifs is 1. The summed E-state index contributed by atoms with van der Waals surface area (Å²) in [5.74, 6) is 1.42. The number of nitrogens with one attached hydrogen (secondary N) is 1. The first-order valence-corrected chi connectivity index (χ1v) is 15.4. The molecule has 5 rings (SSSR count). The van der Waals surface area contributed by atoms with Gasteiger partial charge in [0.25, 0.3) is 0 Å². The molecule has 0 radical (unpaired) electrons. The van der Waals surface area contributed by atoms with E-state index in [1.54, 1.807) is 14.2 Å². The van der Waals surface area contributed by atoms with Gasteiger partial charge >= 0.3 is 1.43 Å². The summed E-state index contributed by atoms with van der Waals surface area (Å²) in [6.07, 6.45) is -0.300. The molecule has 0 spiro atoms. The Balaban J connectivity index is 0.00000370. The number of hydrogen-bond donors (Lipinski definition) is 1. The minimum absolute atomic E-state index is 0. The van der Waals surface area contributed by atoms with E-state index < -0.39 is 13.4 Å². The van der Waals surface area contributed by atoms with Crippen molar-refractivity contribution < 1.29 is 15.3 Å². The lowest BCUT2D eigenvalue weighted by Gasteiger charge is -2.52. The van der Waals surface area contributed by atoms with E-state index in [2.05, 4.69) is 129 Å². The summed E-state index contributed by atoms with van der Waals surface area (Å²) in [6, 6.07) is 36.2. The van der Waals surface area contributed by atoms with Gasteiger partial charge in [0, 0.05) is 6.04 Å². The smallest absolute Gasteiger partial charge is 0.493 e. The predicted octanol–water partition coefficient (Wildman–Crippen LogP) is 6.65. The molecule has 0 unspecified atom stereocenters. The van der Waals surface area contributed by atoms with Crippen molar-refractivity contribution in [3.05, 3.63) is 127 Å². The van der Waals surface area contributed by atoms with Gasteiger partial charge in [-0.1, -0.05) is 105 Å². The van der Waals surface area contributed by atoms with Crippen LogP contribution in [0.15, 0.2) is 103 Å². The summed E-state index contributed by atoms with van der Waals surface area (Å²) in [5.41, 5.74) is 3.44. The lowest BCUT2D eigenvalue weighted by molar-refractivity contribution is 0.123. The summed E-state index contributed by atoms with van der Waals surface area (Å²) in [4.78, 5) is 0. The van der Waals surface area contributed by atoms with Crippen molar-refractivity contribution in [2.75, 3.05) is 14.2 Å². The molecule has 1 heterocycles. The van der Waals surface area contributed by atoms with Gasteiger partial charge in [-0.05, 0) is 46.1 Å². The Morgan fingerprint density at radius 3 is 1.67 bits per heavy atom. The molecule has 0 saturated heterocycles. The van der Waals surface area contributed by atoms with Crippen molar-refractivity contribution in [2.45, 2.75) is 44.0 Å². The highest BCUT2D eigenvalue weighted by Gasteiger charge is 2.50. The van der Waals surface area contributed by atoms with Crippen LogP contribution in [-0.2, 0) is 4.43 Å². The average Bonchev–Trinajstić information content (AvgIpc) is 2.96. The van der Waals surface area contributed by atoms with E-state index in [4.69, 9.17) is 20.8 Å². The minimum atomic E-state index is -2.97. The van der Waals surface area contributed by atoms with E-state index in [0.29, 0.717) is 11.5 Å². The Hall–Kier alpha value is -3.38. The fourth-order valence-corrected chi connectivity index (χ4v) is 10.5. The first-order valence-electron chi connectivity index (χ1n) is 13.5. The molecular weight excluding hydrogens is 498 g/mol. The summed E-state index contributed by atoms with van der Waals surface area (Å²) in [7, 11) is 0.392. The van der Waals surface area contributed by atoms with Gasteiger partial charge in [0.1, 0.15) is 0 Å². The first kappa shape index (κ1) is 27.2. The van der Waals surface area contributed by atoms with Crippen LogP contribution in [0.3, 0.4) is 0 Å². The molecule has 39 heavy (non-hydrogen) atoms. The van der Waals surface area contributed by atoms with Gasteiger partial charge in [0.15, 0.2) is 11.5 Å². The second-order valence-corrected chi connectivity index (χ2v) is 15.1. The van der Waals surface area contributed by atoms with E-state index in [1.165, 1.54) is 15.9 Å². The van der Waals surface area contributed by atoms with Crippen molar-refractivity contribution in [2.24, 2.45) is 0 Å². The van der Waals surface area contributed by atoms with Crippen LogP contribution in [0.1, 0.15) is 57.1 Å². The highest BCUT2D eigenvalue weighted by Crippen LogP contribution is 2.49. The number of methoxy groups -OCH3 is 2. The highest BCUT2D eigenvalue weighted by molar-refractivity contribution is 6.99. The zero-order chi connectivity index (χ0) is 27.6. The summed E-state index contributed by atoms with van der Waals surface area (Å²) in [6.45, 7) is 11.4. The van der Waals surface area contributed by atoms with E-state index in [0.717, 1.165) is 11.1 Å². The van der Waals surface area contributed by atoms with Crippen LogP contribution < -0.4 is 25.2 Å². The van der Waals surface area contributed by atoms with Gasteiger partial charge in [0.2, 0.25) is 8.32 Å². The van der Waals surface area contributed by atoms with Gasteiger partial charge in [-0.25, -0.2) is 0 Å². The lowest BCUT2D eigenvalue weighted by Crippen LogP contribution is -2.67. The molecule has 5 heteroatoms. The molecule has 4 aromatic carbocycles. The maximum absolute atomic E-state index is 7.75. The minimum Gasteiger partial charge on any atom is -0.493 e. The molecule has 0 amide bonds. The highest BCUT2D eigenvalue weighted by atomic mass is 28.4. The van der Waals surface area contributed by atoms with Crippen LogP contribution in [0.4, 0.5) is 0 Å². The van der Waals surface area contributed by atoms with Crippen molar-refractivity contribution in [1.82, 2.24) is 5.32 Å². The SMILES string of the molecule is [CH2-]C(C)(C)[Si](O[C@H]1c2cc(OC)c(OC)cc2[C@H](C)N[C@@H]1c1ccccc1)(c1ccccc1)c1ccccc1.[H+]. The molecule has 0 aromatic heterocycles. The Morgan fingerprint density at radius 1 is 0.744 bits per heavy atom. The maximum atomic E-state index is 7.75. The molecule has 0 fully saturated rings. The Labute approximate surface area is 235 Å². The molecule has 0 bridgehead atoms. The van der Waals surface area contributed by atoms with Gasteiger partial charge in [0.05, 0.1) is 26.4 Å². The molecular formula is C34H39NO3Si. The van der Waals surface area contributed by atoms with Crippen LogP contribution in [0.25, 0.3) is 0 Å². The predicted molar refractivity (Wildman–Crippen MR) is 163 cm³/mol. The fourth-order valence-electron chi connectivity index (χ4n) is 6.00. The van der Waals surface area contributed by atoms with Gasteiger partial charge in [-0.3, -0.25) is 0 Å². The zero-order valence-corrected chi connectivity index (χ0v) is 24.5. The fraction of sp³-hybridized carbons (Fsp3) is 0.265. The number of hydrogen-bond acceptors (Lipinski definition) is 4. The number of benzene rings is 4. The van der Waals surface area contributed by atoms with Crippen LogP contribution >= 0.6 is 0 Å². The van der Waals surface area contributed by atoms with Crippen molar-refractivity contribution in [3.63, 3.8) is 0 Å². The van der Waals surface area contributed by atoms with Gasteiger partial charge in [-0.15, -0.1) is 5.04 Å². The molecule has 202 valence electrons. The molecule has 3 atom stereocenters. The molecule has 1 aliphatic rings. The first-order chi connectivity index (χ1) is 18.8. The Morgan fingerprint density at radius 2 is 1.21 bits per heavy atom. The topological polar surface area (TPSA) is 39.7 Å². The zero-order valence-electron chi connectivity index (χ0n) is 24.5. The maximum Gasteiger partial charge on any atom is 1.00 e. The lowest BCUT2D eigenvalue weighted by atomic mass is 9.85. The third kappa shape index (κ3) is 4.91. The summed E-state index contributed by atoms with van der Waals surface area (Å²) < 4.78 is 19.2. The summed E-state index contributed by atoms with van der Waals surface area (Å²) >= 11 is 0. The van der Waals surface area contributed by atoms with Crippen LogP contribution in [-0.4, -0.2) is 22.5 Å². The quantitative estimate of drug-likeness (QED) is 0.202. The number of rotatable bonds is 8. The summed E-state index contributed by atoms with van der Waals surface area (Å²) in [5, 5.41) is 5.87. The van der Waals surface area contributed by atoms with Gasteiger partial charge in [-0.2, -0.15) is 0 Å². The van der Waals surface area contributed by atoms with E-state index in [1.807, 2.05) is 0 Å². The molecule has 1 N–H and O–H groups in total. The Kier molecular flexibility index (Phi) is 7.67. The van der Waals surface area contributed by atoms with Crippen molar-refractivity contribution >= 4 is 18.7 Å². The largest absolute Gasteiger partial charge is 1.00 e. The Bertz CT molecular complexity index is 1350. The normalized spacial score (nSPS) is 19.3. The monoisotopic (exact) mass is 537 g/mol. The number of ether oxygens (including phenoxy) is 2. The third-order valence-corrected chi connectivity index (χ3v) is 12.7. The van der Waals surface area contributed by atoms with E-state index in [-0.39, 0.29) is 19.6 Å². The molecule has 0 saturated carbocycles. The van der Waals surface area contributed by atoms with Gasteiger partial charge < -0.3 is 26.1 Å². The second kappa shape index (κ2) is 11.0. The van der Waals surface area contributed by atoms with E-state index >= 15 is 0 Å². The second-order valence-electron chi connectivity index (χ2n) is 10.9. The van der Waals surface area contributed by atoms with E-state index in [9.17, 15) is 0 Å². The molecule has 1 aliphatic heterocycles. The molecule has 0 aliphatic carbocycles. The third-order valence-electron chi connectivity index (χ3n) is 7.87. The van der Waals surface area contributed by atoms with Crippen LogP contribution in [0.2, 0.25) is 5.04 Å². The molecule has 4 nitrogen and oxygen atoms in total. The molecule has 4 aromatic rings. The van der Waals surface area contributed by atoms with Crippen LogP contribution in [0, 0.1) is 6.92 Å². The standard InChI is InChI=1S/C34H38NO3Si/c1-24-28-22-30(36-5)31(37-6)23-29(28)33(32(35-24)25-16-10-7-11-17-25)38-39(34(2,3)4,26-18-12-8-13-19-26)27-20-14-9-15-21-27/h7-24,32-33,35H,2H2,1,3-6H3/q-1/p+1/t24-,32+,33-/m0/s1. The average molecular weight is 538 g/mol. The van der Waals surface area contributed by atoms with Crippen LogP contribution in [0.5, 0.6) is 11.5 Å². The van der Waals surface area contributed by atoms with Crippen molar-refractivity contribution in [1.29, 1.82) is 0 Å².